The van der Waals surface area contributed by atoms with Gasteiger partial charge in [0.15, 0.2) is 5.82 Å². The topological polar surface area (TPSA) is 95.2 Å². The molecule has 0 spiro atoms. The predicted molar refractivity (Wildman–Crippen MR) is 141 cm³/mol. The van der Waals surface area contributed by atoms with Crippen molar-refractivity contribution in [3.8, 4) is 5.75 Å². The normalized spacial score (nSPS) is 25.1. The molecular weight excluding hydrogens is 502 g/mol. The summed E-state index contributed by atoms with van der Waals surface area (Å²) >= 11 is 6.42. The van der Waals surface area contributed by atoms with Crippen LogP contribution in [0.25, 0.3) is 10.9 Å². The van der Waals surface area contributed by atoms with E-state index in [0.717, 1.165) is 11.8 Å². The van der Waals surface area contributed by atoms with Crippen molar-refractivity contribution in [2.45, 2.75) is 45.1 Å². The first-order valence-electron chi connectivity index (χ1n) is 12.7. The number of alkyl halides is 2. The van der Waals surface area contributed by atoms with Gasteiger partial charge in [-0.05, 0) is 37.0 Å². The molecule has 37 heavy (non-hydrogen) atoms. The zero-order valence-electron chi connectivity index (χ0n) is 20.7. The van der Waals surface area contributed by atoms with Crippen molar-refractivity contribution in [3.05, 3.63) is 39.8 Å². The molecular formula is C26H29ClF2N6O2. The molecule has 1 saturated heterocycles. The van der Waals surface area contributed by atoms with Gasteiger partial charge >= 0.3 is 0 Å². The van der Waals surface area contributed by atoms with Crippen LogP contribution in [0.3, 0.4) is 0 Å². The van der Waals surface area contributed by atoms with Gasteiger partial charge in [0.05, 0.1) is 24.0 Å². The zero-order chi connectivity index (χ0) is 25.9. The van der Waals surface area contributed by atoms with Crippen LogP contribution in [0.2, 0.25) is 5.02 Å². The Morgan fingerprint density at radius 2 is 1.95 bits per heavy atom. The minimum atomic E-state index is -2.73. The fourth-order valence-electron chi connectivity index (χ4n) is 5.39. The van der Waals surface area contributed by atoms with E-state index in [-0.39, 0.29) is 24.7 Å². The molecule has 3 N–H and O–H groups in total. The number of anilines is 4. The summed E-state index contributed by atoms with van der Waals surface area (Å²) in [7, 11) is 0. The number of aromatic amines is 1. The van der Waals surface area contributed by atoms with Crippen molar-refractivity contribution in [1.82, 2.24) is 15.0 Å². The van der Waals surface area contributed by atoms with E-state index in [1.165, 1.54) is 19.0 Å². The zero-order valence-corrected chi connectivity index (χ0v) is 21.4. The van der Waals surface area contributed by atoms with Crippen LogP contribution in [0, 0.1) is 17.8 Å². The highest BCUT2D eigenvalue weighted by atomic mass is 35.5. The first-order chi connectivity index (χ1) is 17.7. The lowest BCUT2D eigenvalue weighted by Gasteiger charge is -2.41. The summed E-state index contributed by atoms with van der Waals surface area (Å²) < 4.78 is 34.5. The van der Waals surface area contributed by atoms with Gasteiger partial charge in [-0.2, -0.15) is 4.98 Å². The molecule has 3 atom stereocenters. The second kappa shape index (κ2) is 9.01. The van der Waals surface area contributed by atoms with E-state index in [0.29, 0.717) is 52.0 Å². The minimum absolute atomic E-state index is 0.154. The van der Waals surface area contributed by atoms with Crippen molar-refractivity contribution >= 4 is 45.6 Å². The Labute approximate surface area is 217 Å². The van der Waals surface area contributed by atoms with Crippen molar-refractivity contribution in [3.63, 3.8) is 0 Å². The van der Waals surface area contributed by atoms with Gasteiger partial charge in [0.1, 0.15) is 5.02 Å². The number of pyridine rings is 1. The highest BCUT2D eigenvalue weighted by Gasteiger charge is 2.47. The maximum Gasteiger partial charge on any atom is 0.292 e. The number of ether oxygens (including phenoxy) is 1. The molecule has 196 valence electrons. The number of benzene rings is 1. The third-order valence-corrected chi connectivity index (χ3v) is 8.02. The number of rotatable bonds is 4. The molecule has 1 saturated carbocycles. The van der Waals surface area contributed by atoms with Crippen LogP contribution < -0.4 is 25.8 Å². The van der Waals surface area contributed by atoms with Gasteiger partial charge in [0.25, 0.3) is 11.5 Å². The number of hydrogen-bond acceptors (Lipinski definition) is 7. The average molecular weight is 531 g/mol. The molecule has 6 rings (SSSR count). The Hall–Kier alpha value is -3.14. The summed E-state index contributed by atoms with van der Waals surface area (Å²) in [6.07, 6.45) is 4.69. The summed E-state index contributed by atoms with van der Waals surface area (Å²) in [6, 6.07) is 5.83. The number of H-pyrrole nitrogens is 1. The second-order valence-corrected chi connectivity index (χ2v) is 10.9. The summed E-state index contributed by atoms with van der Waals surface area (Å²) in [6.45, 7) is 3.90. The summed E-state index contributed by atoms with van der Waals surface area (Å²) in [5.74, 6) is -2.74. The number of nitrogens with one attached hydrogen (secondary N) is 3. The molecule has 4 heterocycles. The lowest BCUT2D eigenvalue weighted by molar-refractivity contribution is -0.105. The molecule has 0 bridgehead atoms. The van der Waals surface area contributed by atoms with Crippen LogP contribution in [0.1, 0.15) is 33.1 Å². The highest BCUT2D eigenvalue weighted by molar-refractivity contribution is 6.32. The van der Waals surface area contributed by atoms with Gasteiger partial charge in [0.2, 0.25) is 11.7 Å². The van der Waals surface area contributed by atoms with Crippen molar-refractivity contribution < 1.29 is 13.5 Å². The number of aromatic nitrogens is 3. The third kappa shape index (κ3) is 4.45. The van der Waals surface area contributed by atoms with Crippen LogP contribution in [-0.4, -0.2) is 46.6 Å². The molecule has 11 heteroatoms. The smallest absolute Gasteiger partial charge is 0.292 e. The maximum absolute atomic E-state index is 14.3. The van der Waals surface area contributed by atoms with E-state index in [1.54, 1.807) is 18.7 Å². The number of halogens is 3. The van der Waals surface area contributed by atoms with E-state index in [2.05, 4.69) is 25.6 Å². The molecule has 0 amide bonds. The molecule has 1 aromatic carbocycles. The van der Waals surface area contributed by atoms with E-state index in [9.17, 15) is 13.6 Å². The van der Waals surface area contributed by atoms with Gasteiger partial charge in [0, 0.05) is 48.5 Å². The van der Waals surface area contributed by atoms with Crippen molar-refractivity contribution in [2.75, 3.05) is 35.2 Å². The van der Waals surface area contributed by atoms with E-state index in [1.807, 2.05) is 18.2 Å². The molecule has 3 aromatic rings. The highest BCUT2D eigenvalue weighted by Crippen LogP contribution is 2.41. The first-order valence-corrected chi connectivity index (χ1v) is 13.1. The molecule has 3 aliphatic rings. The Kier molecular flexibility index (Phi) is 5.89. The minimum Gasteiger partial charge on any atom is -0.486 e. The van der Waals surface area contributed by atoms with Gasteiger partial charge in [-0.25, -0.2) is 13.8 Å². The first kappa shape index (κ1) is 24.2. The number of nitrogens with zero attached hydrogens (tertiary/aromatic N) is 3. The summed E-state index contributed by atoms with van der Waals surface area (Å²) in [5.41, 5.74) is 1.83. The Bertz CT molecular complexity index is 1400. The van der Waals surface area contributed by atoms with Crippen LogP contribution >= 0.6 is 11.6 Å². The lowest BCUT2D eigenvalue weighted by atomic mass is 9.87. The average Bonchev–Trinajstić information content (AvgIpc) is 3.71. The monoisotopic (exact) mass is 530 g/mol. The van der Waals surface area contributed by atoms with Gasteiger partial charge < -0.3 is 25.3 Å². The fourth-order valence-corrected chi connectivity index (χ4v) is 5.53. The SMILES string of the molecule is C[C@@H]1CN(c2ncc(Cl)c(Nc3ccc4[nH]c(=O)c5c(c4c3)NC(C3CC3)CCO5)n2)C[C@H](C)C1(F)F. The van der Waals surface area contributed by atoms with Crippen LogP contribution in [-0.2, 0) is 0 Å². The summed E-state index contributed by atoms with van der Waals surface area (Å²) in [5, 5.41) is 7.96. The molecule has 2 aromatic heterocycles. The van der Waals surface area contributed by atoms with E-state index < -0.39 is 17.8 Å². The predicted octanol–water partition coefficient (Wildman–Crippen LogP) is 5.42. The molecule has 2 aliphatic heterocycles. The fraction of sp³-hybridized carbons (Fsp3) is 0.500. The van der Waals surface area contributed by atoms with Gasteiger partial charge in [-0.15, -0.1) is 0 Å². The molecule has 0 radical (unpaired) electrons. The van der Waals surface area contributed by atoms with Gasteiger partial charge in [-0.1, -0.05) is 25.4 Å². The standard InChI is InChI=1S/C26H29ClF2N6O2/c1-13-11-35(12-14(2)26(13,28)29)25-30-10-18(27)23(34-25)31-16-5-6-20-17(9-16)21-22(24(36)33-20)37-8-7-19(32-21)15-3-4-15/h5-6,9-10,13-15,19,32H,3-4,7-8,11-12H2,1-2H3,(H,33,36)(H,30,31,34)/t13-,14+,19?. The third-order valence-electron chi connectivity index (χ3n) is 7.75. The van der Waals surface area contributed by atoms with Crippen LogP contribution in [0.15, 0.2) is 29.2 Å². The van der Waals surface area contributed by atoms with Crippen molar-refractivity contribution in [2.24, 2.45) is 17.8 Å². The molecule has 2 fully saturated rings. The molecule has 1 unspecified atom stereocenters. The van der Waals surface area contributed by atoms with Crippen LogP contribution in [0.4, 0.5) is 31.9 Å². The van der Waals surface area contributed by atoms with E-state index >= 15 is 0 Å². The number of fused-ring (bicyclic) bond motifs is 3. The Morgan fingerprint density at radius 3 is 2.68 bits per heavy atom. The van der Waals surface area contributed by atoms with Gasteiger partial charge in [-0.3, -0.25) is 4.79 Å². The number of piperidine rings is 1. The van der Waals surface area contributed by atoms with Crippen molar-refractivity contribution in [1.29, 1.82) is 0 Å². The number of hydrogen-bond donors (Lipinski definition) is 3. The molecule has 1 aliphatic carbocycles. The van der Waals surface area contributed by atoms with E-state index in [4.69, 9.17) is 16.3 Å². The second-order valence-electron chi connectivity index (χ2n) is 10.5. The lowest BCUT2D eigenvalue weighted by Crippen LogP contribution is -2.52. The Balaban J connectivity index is 1.32. The maximum atomic E-state index is 14.3. The Morgan fingerprint density at radius 1 is 1.19 bits per heavy atom. The largest absolute Gasteiger partial charge is 0.486 e. The van der Waals surface area contributed by atoms with Crippen LogP contribution in [0.5, 0.6) is 5.75 Å². The summed E-state index contributed by atoms with van der Waals surface area (Å²) in [4.78, 5) is 26.3. The quantitative estimate of drug-likeness (QED) is 0.415. The molecule has 8 nitrogen and oxygen atoms in total.